The molecule has 0 bridgehead atoms. The molecule has 0 unspecified atom stereocenters. The van der Waals surface area contributed by atoms with Crippen LogP contribution in [0.3, 0.4) is 0 Å². The summed E-state index contributed by atoms with van der Waals surface area (Å²) in [5.41, 5.74) is 4.05. The van der Waals surface area contributed by atoms with E-state index in [1.54, 1.807) is 47.4 Å². The van der Waals surface area contributed by atoms with Gasteiger partial charge in [-0.2, -0.15) is 0 Å². The van der Waals surface area contributed by atoms with Crippen LogP contribution in [0.5, 0.6) is 5.75 Å². The number of benzene rings is 3. The van der Waals surface area contributed by atoms with Crippen LogP contribution in [0.1, 0.15) is 52.1 Å². The van der Waals surface area contributed by atoms with Crippen molar-refractivity contribution in [3.8, 4) is 5.75 Å². The number of fused-ring (bicyclic) bond motifs is 1. The van der Waals surface area contributed by atoms with Crippen molar-refractivity contribution in [1.82, 2.24) is 0 Å². The summed E-state index contributed by atoms with van der Waals surface area (Å²) in [6.07, 6.45) is 1.64. The Labute approximate surface area is 209 Å². The van der Waals surface area contributed by atoms with E-state index in [0.29, 0.717) is 16.8 Å². The number of anilines is 2. The van der Waals surface area contributed by atoms with Crippen molar-refractivity contribution in [1.29, 1.82) is 0 Å². The van der Waals surface area contributed by atoms with Gasteiger partial charge in [0, 0.05) is 24.7 Å². The van der Waals surface area contributed by atoms with Gasteiger partial charge in [0.05, 0.1) is 22.7 Å². The lowest BCUT2D eigenvalue weighted by atomic mass is 10.0. The normalized spacial score (nSPS) is 17.1. The van der Waals surface area contributed by atoms with Gasteiger partial charge in [-0.05, 0) is 48.2 Å². The molecule has 0 spiro atoms. The summed E-state index contributed by atoms with van der Waals surface area (Å²) in [5.74, 6) is -1.86. The molecule has 0 saturated carbocycles. The van der Waals surface area contributed by atoms with Gasteiger partial charge in [-0.15, -0.1) is 0 Å². The van der Waals surface area contributed by atoms with Crippen molar-refractivity contribution in [3.63, 3.8) is 0 Å². The minimum atomic E-state index is -0.616. The van der Waals surface area contributed by atoms with E-state index in [-0.39, 0.29) is 24.6 Å². The fraction of sp³-hybridized carbons (Fsp3) is 0.241. The first-order chi connectivity index (χ1) is 17.4. The molecule has 0 aromatic heterocycles. The summed E-state index contributed by atoms with van der Waals surface area (Å²) in [6, 6.07) is 19.0. The molecule has 1 saturated heterocycles. The van der Waals surface area contributed by atoms with Crippen molar-refractivity contribution < 1.29 is 23.9 Å². The summed E-state index contributed by atoms with van der Waals surface area (Å²) in [5, 5.41) is 0. The highest BCUT2D eigenvalue weighted by Crippen LogP contribution is 2.34. The molecule has 7 heteroatoms. The lowest BCUT2D eigenvalue weighted by Gasteiger charge is -2.23. The number of amides is 3. The zero-order valence-corrected chi connectivity index (χ0v) is 20.2. The summed E-state index contributed by atoms with van der Waals surface area (Å²) >= 11 is 0. The number of hydrogen-bond acceptors (Lipinski definition) is 5. The molecule has 0 N–H and O–H groups in total. The number of hydrogen-bond donors (Lipinski definition) is 0. The maximum absolute atomic E-state index is 13.0. The maximum atomic E-state index is 13.0. The summed E-state index contributed by atoms with van der Waals surface area (Å²) < 4.78 is 5.62. The quantitative estimate of drug-likeness (QED) is 0.292. The Bertz CT molecular complexity index is 1340. The molecule has 36 heavy (non-hydrogen) atoms. The molecular weight excluding hydrogens is 456 g/mol. The van der Waals surface area contributed by atoms with E-state index in [1.807, 2.05) is 32.0 Å². The van der Waals surface area contributed by atoms with Crippen LogP contribution in [0.15, 0.2) is 66.7 Å². The van der Waals surface area contributed by atoms with E-state index in [2.05, 4.69) is 0 Å². The molecule has 2 aliphatic heterocycles. The number of rotatable bonds is 6. The molecule has 2 heterocycles. The number of carbonyl (C=O) groups is 4. The van der Waals surface area contributed by atoms with E-state index in [9.17, 15) is 19.2 Å². The van der Waals surface area contributed by atoms with Gasteiger partial charge in [0.25, 0.3) is 11.8 Å². The van der Waals surface area contributed by atoms with Gasteiger partial charge in [-0.25, -0.2) is 4.90 Å². The Morgan fingerprint density at radius 1 is 0.861 bits per heavy atom. The standard InChI is InChI=1S/C29H26N2O5/c1-3-18-9-7-10-19(4-2)26(18)30-17-20(15-25(30)32)29(35)36-22-12-8-11-21(16-22)31-27(33)23-13-5-6-14-24(23)28(31)34/h5-14,16,20H,3-4,15,17H2,1-2H3/t20-/m0/s1. The van der Waals surface area contributed by atoms with Gasteiger partial charge in [0.1, 0.15) is 5.75 Å². The van der Waals surface area contributed by atoms with Crippen molar-refractivity contribution in [2.24, 2.45) is 5.92 Å². The Kier molecular flexibility index (Phi) is 6.14. The lowest BCUT2D eigenvalue weighted by Crippen LogP contribution is -2.30. The monoisotopic (exact) mass is 482 g/mol. The molecule has 5 rings (SSSR count). The van der Waals surface area contributed by atoms with E-state index >= 15 is 0 Å². The zero-order chi connectivity index (χ0) is 25.4. The molecule has 3 aromatic rings. The first-order valence-electron chi connectivity index (χ1n) is 12.1. The van der Waals surface area contributed by atoms with Crippen LogP contribution in [-0.2, 0) is 22.4 Å². The second-order valence-electron chi connectivity index (χ2n) is 8.95. The van der Waals surface area contributed by atoms with Crippen LogP contribution >= 0.6 is 0 Å². The molecule has 0 aliphatic carbocycles. The van der Waals surface area contributed by atoms with E-state index in [1.165, 1.54) is 6.07 Å². The molecular formula is C29H26N2O5. The number of carbonyl (C=O) groups excluding carboxylic acids is 4. The van der Waals surface area contributed by atoms with Gasteiger partial charge < -0.3 is 9.64 Å². The van der Waals surface area contributed by atoms with Gasteiger partial charge in [-0.1, -0.05) is 50.2 Å². The maximum Gasteiger partial charge on any atom is 0.316 e. The smallest absolute Gasteiger partial charge is 0.316 e. The van der Waals surface area contributed by atoms with Gasteiger partial charge in [0.15, 0.2) is 0 Å². The van der Waals surface area contributed by atoms with Crippen molar-refractivity contribution in [2.75, 3.05) is 16.3 Å². The first-order valence-corrected chi connectivity index (χ1v) is 12.1. The third-order valence-corrected chi connectivity index (χ3v) is 6.78. The third kappa shape index (κ3) is 3.96. The number of para-hydroxylation sites is 1. The lowest BCUT2D eigenvalue weighted by molar-refractivity contribution is -0.139. The third-order valence-electron chi connectivity index (χ3n) is 6.78. The highest BCUT2D eigenvalue weighted by atomic mass is 16.5. The summed E-state index contributed by atoms with van der Waals surface area (Å²) in [6.45, 7) is 4.34. The number of esters is 1. The van der Waals surface area contributed by atoms with Gasteiger partial charge in [-0.3, -0.25) is 19.2 Å². The van der Waals surface area contributed by atoms with Crippen LogP contribution in [0.4, 0.5) is 11.4 Å². The summed E-state index contributed by atoms with van der Waals surface area (Å²) in [7, 11) is 0. The molecule has 2 aliphatic rings. The van der Waals surface area contributed by atoms with Crippen LogP contribution in [0.25, 0.3) is 0 Å². The summed E-state index contributed by atoms with van der Waals surface area (Å²) in [4.78, 5) is 54.4. The molecule has 0 radical (unpaired) electrons. The van der Waals surface area contributed by atoms with Crippen molar-refractivity contribution in [3.05, 3.63) is 89.0 Å². The molecule has 3 amide bonds. The van der Waals surface area contributed by atoms with E-state index in [4.69, 9.17) is 4.74 Å². The van der Waals surface area contributed by atoms with Crippen LogP contribution in [0.2, 0.25) is 0 Å². The Balaban J connectivity index is 1.34. The molecule has 7 nitrogen and oxygen atoms in total. The average Bonchev–Trinajstić information content (AvgIpc) is 3.40. The second kappa shape index (κ2) is 9.41. The SMILES string of the molecule is CCc1cccc(CC)c1N1C[C@@H](C(=O)Oc2cccc(N3C(=O)c4ccccc4C3=O)c2)CC1=O. The largest absolute Gasteiger partial charge is 0.426 e. The Hall–Kier alpha value is -4.26. The highest BCUT2D eigenvalue weighted by molar-refractivity contribution is 6.34. The Morgan fingerprint density at radius 2 is 1.47 bits per heavy atom. The van der Waals surface area contributed by atoms with Crippen molar-refractivity contribution in [2.45, 2.75) is 33.1 Å². The minimum Gasteiger partial charge on any atom is -0.426 e. The average molecular weight is 483 g/mol. The topological polar surface area (TPSA) is 84.0 Å². The highest BCUT2D eigenvalue weighted by Gasteiger charge is 2.39. The second-order valence-corrected chi connectivity index (χ2v) is 8.95. The van der Waals surface area contributed by atoms with Crippen LogP contribution in [-0.4, -0.2) is 30.2 Å². The minimum absolute atomic E-state index is 0.0676. The van der Waals surface area contributed by atoms with Gasteiger partial charge >= 0.3 is 5.97 Å². The van der Waals surface area contributed by atoms with Crippen LogP contribution in [0, 0.1) is 5.92 Å². The van der Waals surface area contributed by atoms with Gasteiger partial charge in [0.2, 0.25) is 5.91 Å². The predicted octanol–water partition coefficient (Wildman–Crippen LogP) is 4.57. The fourth-order valence-corrected chi connectivity index (χ4v) is 4.95. The predicted molar refractivity (Wildman–Crippen MR) is 135 cm³/mol. The first kappa shape index (κ1) is 23.5. The van der Waals surface area contributed by atoms with E-state index < -0.39 is 23.7 Å². The van der Waals surface area contributed by atoms with E-state index in [0.717, 1.165) is 34.6 Å². The fourth-order valence-electron chi connectivity index (χ4n) is 4.95. The number of ether oxygens (including phenoxy) is 1. The molecule has 1 atom stereocenters. The number of nitrogens with zero attached hydrogens (tertiary/aromatic N) is 2. The molecule has 1 fully saturated rings. The molecule has 3 aromatic carbocycles. The number of aryl methyl sites for hydroxylation is 2. The zero-order valence-electron chi connectivity index (χ0n) is 20.2. The van der Waals surface area contributed by atoms with Crippen LogP contribution < -0.4 is 14.5 Å². The van der Waals surface area contributed by atoms with Crippen molar-refractivity contribution >= 4 is 35.1 Å². The molecule has 182 valence electrons. The Morgan fingerprint density at radius 3 is 2.08 bits per heavy atom. The number of imide groups is 1.